The number of nitrogens with zero attached hydrogens (tertiary/aromatic N) is 1. The van der Waals surface area contributed by atoms with Crippen LogP contribution in [0.2, 0.25) is 0 Å². The van der Waals surface area contributed by atoms with Crippen LogP contribution < -0.4 is 9.47 Å². The van der Waals surface area contributed by atoms with E-state index in [0.717, 1.165) is 0 Å². The highest BCUT2D eigenvalue weighted by atomic mass is 16.5. The van der Waals surface area contributed by atoms with E-state index in [2.05, 4.69) is 0 Å². The normalized spacial score (nSPS) is 25.9. The standard InChI is InChI=1S/C17H21NO6/c1-22-12-4-3-5-13(23-2)14(12)15(19)18-8-11-9-24-7-6-17(11,10-18)16(20)21/h3-5,11H,6-10H2,1-2H3,(H,20,21)/t11-,17+/m0/s1. The zero-order valence-electron chi connectivity index (χ0n) is 13.8. The number of ether oxygens (including phenoxy) is 3. The Morgan fingerprint density at radius 2 is 1.96 bits per heavy atom. The molecule has 0 spiro atoms. The van der Waals surface area contributed by atoms with Gasteiger partial charge in [-0.05, 0) is 18.6 Å². The molecule has 1 aromatic carbocycles. The van der Waals surface area contributed by atoms with E-state index in [1.54, 1.807) is 23.1 Å². The number of hydrogen-bond acceptors (Lipinski definition) is 5. The Hall–Kier alpha value is -2.28. The molecule has 2 saturated heterocycles. The molecule has 0 bridgehead atoms. The Bertz CT molecular complexity index is 638. The van der Waals surface area contributed by atoms with Crippen LogP contribution in [0, 0.1) is 11.3 Å². The van der Waals surface area contributed by atoms with Gasteiger partial charge in [-0.15, -0.1) is 0 Å². The lowest BCUT2D eigenvalue weighted by molar-refractivity contribution is -0.157. The second kappa shape index (κ2) is 6.32. The van der Waals surface area contributed by atoms with Crippen molar-refractivity contribution >= 4 is 11.9 Å². The fraction of sp³-hybridized carbons (Fsp3) is 0.529. The predicted molar refractivity (Wildman–Crippen MR) is 84.4 cm³/mol. The van der Waals surface area contributed by atoms with Crippen molar-refractivity contribution in [2.45, 2.75) is 6.42 Å². The number of carboxylic acid groups (broad SMARTS) is 1. The molecule has 2 fully saturated rings. The predicted octanol–water partition coefficient (Wildman–Crippen LogP) is 1.27. The van der Waals surface area contributed by atoms with Gasteiger partial charge in [0.1, 0.15) is 17.1 Å². The molecule has 1 aromatic rings. The van der Waals surface area contributed by atoms with E-state index < -0.39 is 11.4 Å². The van der Waals surface area contributed by atoms with Crippen molar-refractivity contribution in [3.05, 3.63) is 23.8 Å². The summed E-state index contributed by atoms with van der Waals surface area (Å²) in [6.45, 7) is 1.30. The zero-order valence-corrected chi connectivity index (χ0v) is 13.8. The summed E-state index contributed by atoms with van der Waals surface area (Å²) in [5.74, 6) is -0.518. The summed E-state index contributed by atoms with van der Waals surface area (Å²) < 4.78 is 16.0. The molecule has 0 saturated carbocycles. The maximum absolute atomic E-state index is 13.0. The van der Waals surface area contributed by atoms with Gasteiger partial charge in [0.2, 0.25) is 0 Å². The number of aliphatic carboxylic acids is 1. The lowest BCUT2D eigenvalue weighted by Gasteiger charge is -2.33. The SMILES string of the molecule is COc1cccc(OC)c1C(=O)N1C[C@H]2COCC[C@@]2(C(=O)O)C1. The Morgan fingerprint density at radius 3 is 2.50 bits per heavy atom. The van der Waals surface area contributed by atoms with Gasteiger partial charge in [0, 0.05) is 25.6 Å². The van der Waals surface area contributed by atoms with Crippen LogP contribution in [0.3, 0.4) is 0 Å². The molecule has 2 aliphatic heterocycles. The molecule has 130 valence electrons. The van der Waals surface area contributed by atoms with Gasteiger partial charge < -0.3 is 24.2 Å². The summed E-state index contributed by atoms with van der Waals surface area (Å²) in [6.07, 6.45) is 0.417. The van der Waals surface area contributed by atoms with Crippen molar-refractivity contribution in [1.29, 1.82) is 0 Å². The molecular formula is C17H21NO6. The van der Waals surface area contributed by atoms with Crippen LogP contribution in [-0.2, 0) is 9.53 Å². The minimum absolute atomic E-state index is 0.177. The summed E-state index contributed by atoms with van der Waals surface area (Å²) in [4.78, 5) is 26.5. The zero-order chi connectivity index (χ0) is 17.3. The molecule has 7 nitrogen and oxygen atoms in total. The number of carbonyl (C=O) groups is 2. The molecule has 7 heteroatoms. The number of fused-ring (bicyclic) bond motifs is 1. The first-order chi connectivity index (χ1) is 11.5. The van der Waals surface area contributed by atoms with Crippen LogP contribution in [-0.4, -0.2) is 62.4 Å². The van der Waals surface area contributed by atoms with Crippen molar-refractivity contribution < 1.29 is 28.9 Å². The maximum atomic E-state index is 13.0. The smallest absolute Gasteiger partial charge is 0.311 e. The summed E-state index contributed by atoms with van der Waals surface area (Å²) in [7, 11) is 2.98. The van der Waals surface area contributed by atoms with Gasteiger partial charge in [0.25, 0.3) is 5.91 Å². The number of rotatable bonds is 4. The largest absolute Gasteiger partial charge is 0.496 e. The van der Waals surface area contributed by atoms with Gasteiger partial charge in [-0.2, -0.15) is 0 Å². The second-order valence-electron chi connectivity index (χ2n) is 6.21. The number of carbonyl (C=O) groups excluding carboxylic acids is 1. The molecule has 1 N–H and O–H groups in total. The Kier molecular flexibility index (Phi) is 4.36. The summed E-state index contributed by atoms with van der Waals surface area (Å²) in [5.41, 5.74) is -0.606. The number of likely N-dealkylation sites (tertiary alicyclic amines) is 1. The van der Waals surface area contributed by atoms with E-state index in [1.807, 2.05) is 0 Å². The molecule has 2 atom stereocenters. The maximum Gasteiger partial charge on any atom is 0.311 e. The summed E-state index contributed by atoms with van der Waals surface area (Å²) in [6, 6.07) is 5.12. The van der Waals surface area contributed by atoms with Crippen LogP contribution in [0.5, 0.6) is 11.5 Å². The molecule has 24 heavy (non-hydrogen) atoms. The minimum atomic E-state index is -0.927. The lowest BCUT2D eigenvalue weighted by atomic mass is 9.74. The van der Waals surface area contributed by atoms with Crippen molar-refractivity contribution in [2.75, 3.05) is 40.5 Å². The fourth-order valence-electron chi connectivity index (χ4n) is 3.67. The Morgan fingerprint density at radius 1 is 1.29 bits per heavy atom. The third kappa shape index (κ3) is 2.49. The van der Waals surface area contributed by atoms with Crippen LogP contribution in [0.15, 0.2) is 18.2 Å². The van der Waals surface area contributed by atoms with E-state index in [1.165, 1.54) is 14.2 Å². The van der Waals surface area contributed by atoms with Gasteiger partial charge in [0.05, 0.1) is 26.2 Å². The molecule has 0 unspecified atom stereocenters. The highest BCUT2D eigenvalue weighted by Crippen LogP contribution is 2.43. The van der Waals surface area contributed by atoms with E-state index in [9.17, 15) is 14.7 Å². The molecule has 0 aromatic heterocycles. The first-order valence-corrected chi connectivity index (χ1v) is 7.85. The van der Waals surface area contributed by atoms with Gasteiger partial charge in [-0.1, -0.05) is 6.07 Å². The molecule has 0 radical (unpaired) electrons. The Labute approximate surface area is 140 Å². The van der Waals surface area contributed by atoms with Crippen molar-refractivity contribution in [3.8, 4) is 11.5 Å². The Balaban J connectivity index is 1.94. The average Bonchev–Trinajstić information content (AvgIpc) is 3.01. The van der Waals surface area contributed by atoms with Gasteiger partial charge in [-0.25, -0.2) is 0 Å². The van der Waals surface area contributed by atoms with E-state index >= 15 is 0 Å². The van der Waals surface area contributed by atoms with Crippen LogP contribution in [0.25, 0.3) is 0 Å². The van der Waals surface area contributed by atoms with Crippen LogP contribution in [0.1, 0.15) is 16.8 Å². The monoisotopic (exact) mass is 335 g/mol. The van der Waals surface area contributed by atoms with E-state index in [-0.39, 0.29) is 18.4 Å². The third-order valence-corrected chi connectivity index (χ3v) is 5.06. The third-order valence-electron chi connectivity index (χ3n) is 5.06. The molecule has 1 amide bonds. The quantitative estimate of drug-likeness (QED) is 0.892. The molecule has 2 aliphatic rings. The molecule has 0 aliphatic carbocycles. The van der Waals surface area contributed by atoms with Crippen LogP contribution >= 0.6 is 0 Å². The van der Waals surface area contributed by atoms with E-state index in [0.29, 0.717) is 43.2 Å². The van der Waals surface area contributed by atoms with Crippen LogP contribution in [0.4, 0.5) is 0 Å². The number of amides is 1. The minimum Gasteiger partial charge on any atom is -0.496 e. The molecule has 3 rings (SSSR count). The highest BCUT2D eigenvalue weighted by molar-refractivity contribution is 6.00. The van der Waals surface area contributed by atoms with Gasteiger partial charge >= 0.3 is 5.97 Å². The first kappa shape index (κ1) is 16.6. The lowest BCUT2D eigenvalue weighted by Crippen LogP contribution is -2.45. The van der Waals surface area contributed by atoms with Crippen molar-refractivity contribution in [1.82, 2.24) is 4.90 Å². The summed E-state index contributed by atoms with van der Waals surface area (Å²) >= 11 is 0. The first-order valence-electron chi connectivity index (χ1n) is 7.85. The van der Waals surface area contributed by atoms with Crippen molar-refractivity contribution in [2.24, 2.45) is 11.3 Å². The van der Waals surface area contributed by atoms with E-state index in [4.69, 9.17) is 14.2 Å². The topological polar surface area (TPSA) is 85.3 Å². The number of benzene rings is 1. The number of hydrogen-bond donors (Lipinski definition) is 1. The number of carboxylic acids is 1. The molecular weight excluding hydrogens is 314 g/mol. The number of methoxy groups -OCH3 is 2. The van der Waals surface area contributed by atoms with Gasteiger partial charge in [-0.3, -0.25) is 9.59 Å². The highest BCUT2D eigenvalue weighted by Gasteiger charge is 2.55. The summed E-state index contributed by atoms with van der Waals surface area (Å²) in [5, 5.41) is 9.73. The average molecular weight is 335 g/mol. The fourth-order valence-corrected chi connectivity index (χ4v) is 3.67. The second-order valence-corrected chi connectivity index (χ2v) is 6.21. The van der Waals surface area contributed by atoms with Gasteiger partial charge in [0.15, 0.2) is 0 Å². The van der Waals surface area contributed by atoms with Crippen molar-refractivity contribution in [3.63, 3.8) is 0 Å². The molecule has 2 heterocycles.